The van der Waals surface area contributed by atoms with E-state index in [9.17, 15) is 0 Å². The lowest BCUT2D eigenvalue weighted by Crippen LogP contribution is -1.93. The fourth-order valence-electron chi connectivity index (χ4n) is 1.77. The fraction of sp³-hybridized carbons (Fsp3) is 0.200. The van der Waals surface area contributed by atoms with Gasteiger partial charge in [-0.2, -0.15) is 11.8 Å². The van der Waals surface area contributed by atoms with Crippen LogP contribution in [0.3, 0.4) is 0 Å². The standard InChI is InChI=1S/C15H16ClNOS/c1-18-15-8-13(17)7-6-12(15)10-19-9-11-4-2-3-5-14(11)16/h2-8H,9-10,17H2,1H3. The van der Waals surface area contributed by atoms with Crippen molar-refractivity contribution in [3.05, 3.63) is 58.6 Å². The Kier molecular flexibility index (Phi) is 5.00. The summed E-state index contributed by atoms with van der Waals surface area (Å²) >= 11 is 7.93. The molecule has 2 nitrogen and oxygen atoms in total. The maximum Gasteiger partial charge on any atom is 0.124 e. The Bertz CT molecular complexity index is 560. The van der Waals surface area contributed by atoms with Gasteiger partial charge in [0.1, 0.15) is 5.75 Å². The van der Waals surface area contributed by atoms with Gasteiger partial charge < -0.3 is 10.5 Å². The van der Waals surface area contributed by atoms with Crippen molar-refractivity contribution in [2.45, 2.75) is 11.5 Å². The summed E-state index contributed by atoms with van der Waals surface area (Å²) in [6.45, 7) is 0. The maximum atomic E-state index is 6.13. The molecule has 0 aliphatic rings. The molecule has 2 rings (SSSR count). The Hall–Kier alpha value is -1.32. The van der Waals surface area contributed by atoms with Gasteiger partial charge in [-0.05, 0) is 17.7 Å². The van der Waals surface area contributed by atoms with Crippen molar-refractivity contribution >= 4 is 29.1 Å². The normalized spacial score (nSPS) is 10.4. The summed E-state index contributed by atoms with van der Waals surface area (Å²) in [6.07, 6.45) is 0. The minimum atomic E-state index is 0.719. The molecule has 19 heavy (non-hydrogen) atoms. The second-order valence-corrected chi connectivity index (χ2v) is 5.55. The average Bonchev–Trinajstić information content (AvgIpc) is 2.42. The second kappa shape index (κ2) is 6.73. The number of hydrogen-bond donors (Lipinski definition) is 1. The number of anilines is 1. The molecule has 2 N–H and O–H groups in total. The van der Waals surface area contributed by atoms with Gasteiger partial charge in [0, 0.05) is 33.8 Å². The molecule has 0 aliphatic carbocycles. The zero-order valence-corrected chi connectivity index (χ0v) is 12.3. The van der Waals surface area contributed by atoms with Crippen LogP contribution in [-0.4, -0.2) is 7.11 Å². The zero-order valence-electron chi connectivity index (χ0n) is 10.7. The van der Waals surface area contributed by atoms with E-state index < -0.39 is 0 Å². The topological polar surface area (TPSA) is 35.2 Å². The third-order valence-electron chi connectivity index (χ3n) is 2.78. The highest BCUT2D eigenvalue weighted by Gasteiger charge is 2.05. The largest absolute Gasteiger partial charge is 0.496 e. The summed E-state index contributed by atoms with van der Waals surface area (Å²) < 4.78 is 5.33. The highest BCUT2D eigenvalue weighted by atomic mass is 35.5. The lowest BCUT2D eigenvalue weighted by atomic mass is 10.2. The minimum absolute atomic E-state index is 0.719. The Morgan fingerprint density at radius 2 is 1.84 bits per heavy atom. The average molecular weight is 294 g/mol. The van der Waals surface area contributed by atoms with Crippen LogP contribution in [0.15, 0.2) is 42.5 Å². The Morgan fingerprint density at radius 3 is 2.58 bits per heavy atom. The van der Waals surface area contributed by atoms with E-state index in [1.807, 2.05) is 36.4 Å². The van der Waals surface area contributed by atoms with Crippen molar-refractivity contribution in [2.24, 2.45) is 0 Å². The minimum Gasteiger partial charge on any atom is -0.496 e. The molecule has 0 heterocycles. The molecule has 2 aromatic rings. The summed E-state index contributed by atoms with van der Waals surface area (Å²) in [5.41, 5.74) is 8.76. The van der Waals surface area contributed by atoms with Gasteiger partial charge in [-0.25, -0.2) is 0 Å². The molecule has 2 aromatic carbocycles. The molecular weight excluding hydrogens is 278 g/mol. The van der Waals surface area contributed by atoms with Gasteiger partial charge in [0.05, 0.1) is 7.11 Å². The Labute approximate surface area is 122 Å². The first-order chi connectivity index (χ1) is 9.20. The SMILES string of the molecule is COc1cc(N)ccc1CSCc1ccccc1Cl. The Morgan fingerprint density at radius 1 is 1.11 bits per heavy atom. The number of ether oxygens (including phenoxy) is 1. The van der Waals surface area contributed by atoms with Gasteiger partial charge in [0.2, 0.25) is 0 Å². The van der Waals surface area contributed by atoms with Crippen LogP contribution in [0.1, 0.15) is 11.1 Å². The van der Waals surface area contributed by atoms with E-state index in [0.717, 1.165) is 39.1 Å². The van der Waals surface area contributed by atoms with E-state index in [1.54, 1.807) is 18.9 Å². The molecule has 0 saturated carbocycles. The molecule has 0 saturated heterocycles. The molecule has 0 aromatic heterocycles. The van der Waals surface area contributed by atoms with Crippen LogP contribution in [0.5, 0.6) is 5.75 Å². The molecule has 0 radical (unpaired) electrons. The van der Waals surface area contributed by atoms with Crippen molar-refractivity contribution in [2.75, 3.05) is 12.8 Å². The van der Waals surface area contributed by atoms with Crippen LogP contribution in [0.2, 0.25) is 5.02 Å². The van der Waals surface area contributed by atoms with Crippen LogP contribution in [0, 0.1) is 0 Å². The smallest absolute Gasteiger partial charge is 0.124 e. The third-order valence-corrected chi connectivity index (χ3v) is 4.18. The number of methoxy groups -OCH3 is 1. The van der Waals surface area contributed by atoms with Gasteiger partial charge in [-0.15, -0.1) is 0 Å². The predicted molar refractivity (Wildman–Crippen MR) is 83.9 cm³/mol. The van der Waals surface area contributed by atoms with Crippen LogP contribution in [0.25, 0.3) is 0 Å². The molecule has 0 bridgehead atoms. The van der Waals surface area contributed by atoms with E-state index in [0.29, 0.717) is 0 Å². The number of hydrogen-bond acceptors (Lipinski definition) is 3. The molecule has 0 fully saturated rings. The Balaban J connectivity index is 1.98. The van der Waals surface area contributed by atoms with Crippen molar-refractivity contribution in [1.82, 2.24) is 0 Å². The first kappa shape index (κ1) is 14.1. The molecule has 0 unspecified atom stereocenters. The molecule has 100 valence electrons. The monoisotopic (exact) mass is 293 g/mol. The predicted octanol–water partition coefficient (Wildman–Crippen LogP) is 4.36. The summed E-state index contributed by atoms with van der Waals surface area (Å²) in [5, 5.41) is 0.819. The lowest BCUT2D eigenvalue weighted by Gasteiger charge is -2.09. The second-order valence-electron chi connectivity index (χ2n) is 4.16. The summed E-state index contributed by atoms with van der Waals surface area (Å²) in [5.74, 6) is 2.59. The number of rotatable bonds is 5. The van der Waals surface area contributed by atoms with E-state index in [-0.39, 0.29) is 0 Å². The number of thioether (sulfide) groups is 1. The summed E-state index contributed by atoms with van der Waals surface area (Å²) in [4.78, 5) is 0. The lowest BCUT2D eigenvalue weighted by molar-refractivity contribution is 0.411. The first-order valence-electron chi connectivity index (χ1n) is 5.94. The van der Waals surface area contributed by atoms with Gasteiger partial charge in [0.25, 0.3) is 0 Å². The molecular formula is C15H16ClNOS. The van der Waals surface area contributed by atoms with Gasteiger partial charge in [-0.3, -0.25) is 0 Å². The molecule has 0 spiro atoms. The third kappa shape index (κ3) is 3.82. The fourth-order valence-corrected chi connectivity index (χ4v) is 3.08. The molecule has 0 amide bonds. The maximum absolute atomic E-state index is 6.13. The van der Waals surface area contributed by atoms with E-state index in [2.05, 4.69) is 6.07 Å². The van der Waals surface area contributed by atoms with E-state index in [1.165, 1.54) is 0 Å². The molecule has 0 atom stereocenters. The van der Waals surface area contributed by atoms with Gasteiger partial charge in [0.15, 0.2) is 0 Å². The van der Waals surface area contributed by atoms with Crippen molar-refractivity contribution in [3.8, 4) is 5.75 Å². The summed E-state index contributed by atoms with van der Waals surface area (Å²) in [7, 11) is 1.66. The molecule has 0 aliphatic heterocycles. The highest BCUT2D eigenvalue weighted by Crippen LogP contribution is 2.28. The molecule has 4 heteroatoms. The van der Waals surface area contributed by atoms with Gasteiger partial charge >= 0.3 is 0 Å². The van der Waals surface area contributed by atoms with E-state index in [4.69, 9.17) is 22.1 Å². The van der Waals surface area contributed by atoms with E-state index >= 15 is 0 Å². The summed E-state index contributed by atoms with van der Waals surface area (Å²) in [6, 6.07) is 13.7. The number of halogens is 1. The van der Waals surface area contributed by atoms with Crippen LogP contribution < -0.4 is 10.5 Å². The van der Waals surface area contributed by atoms with Crippen LogP contribution >= 0.6 is 23.4 Å². The van der Waals surface area contributed by atoms with Crippen LogP contribution in [0.4, 0.5) is 5.69 Å². The number of nitrogen functional groups attached to an aromatic ring is 1. The van der Waals surface area contributed by atoms with Gasteiger partial charge in [-0.1, -0.05) is 35.9 Å². The number of benzene rings is 2. The van der Waals surface area contributed by atoms with Crippen molar-refractivity contribution in [1.29, 1.82) is 0 Å². The van der Waals surface area contributed by atoms with Crippen molar-refractivity contribution < 1.29 is 4.74 Å². The number of nitrogens with two attached hydrogens (primary N) is 1. The highest BCUT2D eigenvalue weighted by molar-refractivity contribution is 7.97. The van der Waals surface area contributed by atoms with Crippen LogP contribution in [-0.2, 0) is 11.5 Å². The quantitative estimate of drug-likeness (QED) is 0.832. The zero-order chi connectivity index (χ0) is 13.7. The van der Waals surface area contributed by atoms with Crippen molar-refractivity contribution in [3.63, 3.8) is 0 Å². The first-order valence-corrected chi connectivity index (χ1v) is 7.47.